The molecule has 1 heterocycles. The van der Waals surface area contributed by atoms with Crippen LogP contribution in [0.5, 0.6) is 0 Å². The summed E-state index contributed by atoms with van der Waals surface area (Å²) in [6, 6.07) is 16.1. The maximum atomic E-state index is 12.1. The van der Waals surface area contributed by atoms with Gasteiger partial charge in [-0.15, -0.1) is 0 Å². The zero-order chi connectivity index (χ0) is 17.8. The van der Waals surface area contributed by atoms with Gasteiger partial charge in [-0.05, 0) is 46.9 Å². The van der Waals surface area contributed by atoms with E-state index < -0.39 is 12.6 Å². The quantitative estimate of drug-likeness (QED) is 0.275. The molecule has 2 N–H and O–H groups in total. The molecule has 0 amide bonds. The van der Waals surface area contributed by atoms with Crippen molar-refractivity contribution in [1.82, 2.24) is 9.97 Å². The van der Waals surface area contributed by atoms with Crippen molar-refractivity contribution in [2.75, 3.05) is 6.61 Å². The molecular weight excluding hydrogens is 433 g/mol. The highest BCUT2D eigenvalue weighted by Crippen LogP contribution is 2.19. The number of nitrogens with zero attached hydrogens (tertiary/aromatic N) is 2. The van der Waals surface area contributed by atoms with Gasteiger partial charge in [0.1, 0.15) is 18.2 Å². The van der Waals surface area contributed by atoms with E-state index in [0.29, 0.717) is 11.1 Å². The molecule has 0 spiro atoms. The van der Waals surface area contributed by atoms with Crippen LogP contribution in [-0.4, -0.2) is 27.7 Å². The van der Waals surface area contributed by atoms with Gasteiger partial charge in [-0.1, -0.05) is 24.3 Å². The highest BCUT2D eigenvalue weighted by Gasteiger charge is 2.16. The van der Waals surface area contributed by atoms with Crippen LogP contribution in [0.3, 0.4) is 0 Å². The number of imidazole rings is 1. The summed E-state index contributed by atoms with van der Waals surface area (Å²) >= 11 is 2.03. The summed E-state index contributed by atoms with van der Waals surface area (Å²) in [5, 5.41) is 19.5. The van der Waals surface area contributed by atoms with E-state index in [4.69, 9.17) is 4.74 Å². The Bertz CT molecular complexity index is 985. The summed E-state index contributed by atoms with van der Waals surface area (Å²) in [4.78, 5) is 19.3. The summed E-state index contributed by atoms with van der Waals surface area (Å²) in [6.07, 6.45) is 0. The van der Waals surface area contributed by atoms with Crippen LogP contribution in [0, 0.1) is 14.9 Å². The Labute approximate surface area is 156 Å². The zero-order valence-corrected chi connectivity index (χ0v) is 15.0. The van der Waals surface area contributed by atoms with Crippen molar-refractivity contribution in [3.8, 4) is 6.07 Å². The molecule has 0 atom stereocenters. The largest absolute Gasteiger partial charge is 0.507 e. The fourth-order valence-corrected chi connectivity index (χ4v) is 2.84. The number of nitriles is 1. The zero-order valence-electron chi connectivity index (χ0n) is 12.9. The van der Waals surface area contributed by atoms with Crippen molar-refractivity contribution in [3.05, 3.63) is 69.2 Å². The normalized spacial score (nSPS) is 11.7. The van der Waals surface area contributed by atoms with Crippen molar-refractivity contribution in [3.63, 3.8) is 0 Å². The van der Waals surface area contributed by atoms with E-state index in [1.54, 1.807) is 24.3 Å². The van der Waals surface area contributed by atoms with Crippen molar-refractivity contribution in [2.45, 2.75) is 0 Å². The summed E-state index contributed by atoms with van der Waals surface area (Å²) in [6.45, 7) is -0.413. The lowest BCUT2D eigenvalue weighted by molar-refractivity contribution is 0.0501. The second-order valence-electron chi connectivity index (χ2n) is 5.09. The third-order valence-corrected chi connectivity index (χ3v) is 4.40. The first-order valence-corrected chi connectivity index (χ1v) is 8.37. The molecule has 0 bridgehead atoms. The Morgan fingerprint density at radius 3 is 2.68 bits per heavy atom. The molecule has 7 heteroatoms. The lowest BCUT2D eigenvalue weighted by atomic mass is 10.2. The number of ether oxygens (including phenoxy) is 1. The van der Waals surface area contributed by atoms with Crippen LogP contribution in [0.15, 0.2) is 54.3 Å². The second kappa shape index (κ2) is 7.36. The monoisotopic (exact) mass is 445 g/mol. The molecule has 0 aliphatic carbocycles. The number of H-pyrrole nitrogens is 1. The van der Waals surface area contributed by atoms with Gasteiger partial charge < -0.3 is 14.8 Å². The number of benzene rings is 2. The van der Waals surface area contributed by atoms with Crippen LogP contribution in [0.2, 0.25) is 0 Å². The molecule has 6 nitrogen and oxygen atoms in total. The number of halogens is 1. The minimum absolute atomic E-state index is 0.0632. The molecule has 0 radical (unpaired) electrons. The summed E-state index contributed by atoms with van der Waals surface area (Å²) < 4.78 is 5.85. The van der Waals surface area contributed by atoms with Crippen LogP contribution in [0.4, 0.5) is 0 Å². The third kappa shape index (κ3) is 3.64. The van der Waals surface area contributed by atoms with Gasteiger partial charge in [0.25, 0.3) is 0 Å². The average Bonchev–Trinajstić information content (AvgIpc) is 3.04. The molecule has 0 saturated heterocycles. The van der Waals surface area contributed by atoms with E-state index in [1.165, 1.54) is 0 Å². The highest BCUT2D eigenvalue weighted by atomic mass is 127. The van der Waals surface area contributed by atoms with Crippen LogP contribution < -0.4 is 0 Å². The molecule has 124 valence electrons. The van der Waals surface area contributed by atoms with Crippen LogP contribution in [-0.2, 0) is 4.74 Å². The second-order valence-corrected chi connectivity index (χ2v) is 6.25. The van der Waals surface area contributed by atoms with Crippen LogP contribution >= 0.6 is 22.6 Å². The van der Waals surface area contributed by atoms with Gasteiger partial charge in [-0.3, -0.25) is 0 Å². The van der Waals surface area contributed by atoms with E-state index in [2.05, 4.69) is 9.97 Å². The number of aromatic nitrogens is 2. The highest BCUT2D eigenvalue weighted by molar-refractivity contribution is 14.1. The SMILES string of the molecule is N#C/C(=C(/O)COC(=O)c1ccccc1I)c1nc2ccccc2[nH]1. The Balaban J connectivity index is 1.81. The van der Waals surface area contributed by atoms with E-state index >= 15 is 0 Å². The topological polar surface area (TPSA) is 99.0 Å². The van der Waals surface area contributed by atoms with Gasteiger partial charge in [0.2, 0.25) is 0 Å². The number of carbonyl (C=O) groups excluding carboxylic acids is 1. The summed E-state index contributed by atoms with van der Waals surface area (Å²) in [5.41, 5.74) is 1.76. The number of para-hydroxylation sites is 2. The summed E-state index contributed by atoms with van der Waals surface area (Å²) in [7, 11) is 0. The molecular formula is C18H12IN3O3. The molecule has 0 unspecified atom stereocenters. The lowest BCUT2D eigenvalue weighted by Crippen LogP contribution is -2.10. The van der Waals surface area contributed by atoms with E-state index in [0.717, 1.165) is 9.09 Å². The maximum Gasteiger partial charge on any atom is 0.339 e. The number of esters is 1. The Morgan fingerprint density at radius 1 is 1.24 bits per heavy atom. The minimum Gasteiger partial charge on any atom is -0.507 e. The molecule has 0 aliphatic heterocycles. The molecule has 0 aliphatic rings. The standard InChI is InChI=1S/C18H12IN3O3/c19-13-6-2-1-5-11(13)18(24)25-10-16(23)12(9-20)17-21-14-7-3-4-8-15(14)22-17/h1-8,23H,10H2,(H,21,22)/b16-12-. The van der Waals surface area contributed by atoms with E-state index in [-0.39, 0.29) is 17.2 Å². The smallest absolute Gasteiger partial charge is 0.339 e. The number of fused-ring (bicyclic) bond motifs is 1. The number of nitrogens with one attached hydrogen (secondary N) is 1. The van der Waals surface area contributed by atoms with Crippen LogP contribution in [0.1, 0.15) is 16.2 Å². The Kier molecular flexibility index (Phi) is 5.00. The molecule has 3 aromatic rings. The van der Waals surface area contributed by atoms with Crippen molar-refractivity contribution >= 4 is 45.2 Å². The van der Waals surface area contributed by atoms with Gasteiger partial charge >= 0.3 is 5.97 Å². The lowest BCUT2D eigenvalue weighted by Gasteiger charge is -2.06. The van der Waals surface area contributed by atoms with Gasteiger partial charge in [-0.2, -0.15) is 5.26 Å². The first-order chi connectivity index (χ1) is 12.1. The molecule has 0 fully saturated rings. The number of carbonyl (C=O) groups is 1. The number of aromatic amines is 1. The number of rotatable bonds is 4. The molecule has 3 rings (SSSR count). The first kappa shape index (κ1) is 17.0. The predicted molar refractivity (Wildman–Crippen MR) is 101 cm³/mol. The molecule has 25 heavy (non-hydrogen) atoms. The fourth-order valence-electron chi connectivity index (χ4n) is 2.24. The molecule has 2 aromatic carbocycles. The Morgan fingerprint density at radius 2 is 1.96 bits per heavy atom. The number of allylic oxidation sites excluding steroid dienone is 1. The van der Waals surface area contributed by atoms with Gasteiger partial charge in [-0.25, -0.2) is 9.78 Å². The predicted octanol–water partition coefficient (Wildman–Crippen LogP) is 3.82. The number of hydrogen-bond donors (Lipinski definition) is 2. The van der Waals surface area contributed by atoms with Crippen molar-refractivity contribution in [2.24, 2.45) is 0 Å². The first-order valence-electron chi connectivity index (χ1n) is 7.29. The fraction of sp³-hybridized carbons (Fsp3) is 0.0556. The van der Waals surface area contributed by atoms with E-state index in [1.807, 2.05) is 52.9 Å². The minimum atomic E-state index is -0.571. The van der Waals surface area contributed by atoms with Gasteiger partial charge in [0.15, 0.2) is 11.6 Å². The van der Waals surface area contributed by atoms with Gasteiger partial charge in [0, 0.05) is 3.57 Å². The maximum absolute atomic E-state index is 12.1. The Hall–Kier alpha value is -2.86. The van der Waals surface area contributed by atoms with Crippen LogP contribution in [0.25, 0.3) is 16.6 Å². The van der Waals surface area contributed by atoms with E-state index in [9.17, 15) is 15.2 Å². The van der Waals surface area contributed by atoms with Crippen molar-refractivity contribution in [1.29, 1.82) is 5.26 Å². The summed E-state index contributed by atoms with van der Waals surface area (Å²) in [5.74, 6) is -0.703. The number of hydrogen-bond acceptors (Lipinski definition) is 5. The molecule has 0 saturated carbocycles. The van der Waals surface area contributed by atoms with Gasteiger partial charge in [0.05, 0.1) is 16.6 Å². The third-order valence-electron chi connectivity index (χ3n) is 3.46. The molecule has 1 aromatic heterocycles. The van der Waals surface area contributed by atoms with Crippen molar-refractivity contribution < 1.29 is 14.6 Å². The number of aliphatic hydroxyl groups excluding tert-OH is 1. The number of aliphatic hydroxyl groups is 1. The average molecular weight is 445 g/mol.